The number of hydrogen-bond acceptors (Lipinski definition) is 6. The molecule has 0 saturated carbocycles. The lowest BCUT2D eigenvalue weighted by atomic mass is 9.71. The summed E-state index contributed by atoms with van der Waals surface area (Å²) in [6, 6.07) is 15.8. The van der Waals surface area contributed by atoms with Crippen LogP contribution in [0.3, 0.4) is 0 Å². The summed E-state index contributed by atoms with van der Waals surface area (Å²) in [6.45, 7) is 9.91. The molecular weight excluding hydrogens is 568 g/mol. The van der Waals surface area contributed by atoms with Crippen molar-refractivity contribution in [2.75, 3.05) is 26.7 Å². The third-order valence-corrected chi connectivity index (χ3v) is 10.7. The zero-order valence-corrected chi connectivity index (χ0v) is 27.1. The van der Waals surface area contributed by atoms with E-state index in [1.807, 2.05) is 12.1 Å². The van der Waals surface area contributed by atoms with E-state index >= 15 is 0 Å². The van der Waals surface area contributed by atoms with Gasteiger partial charge in [-0.25, -0.2) is 4.98 Å². The number of aryl methyl sites for hydroxylation is 1. The van der Waals surface area contributed by atoms with Gasteiger partial charge in [0, 0.05) is 50.1 Å². The summed E-state index contributed by atoms with van der Waals surface area (Å²) >= 11 is 1.49. The van der Waals surface area contributed by atoms with Crippen LogP contribution in [0.4, 0.5) is 0 Å². The highest BCUT2D eigenvalue weighted by Gasteiger charge is 2.30. The number of thiophene rings is 1. The van der Waals surface area contributed by atoms with Crippen LogP contribution in [0, 0.1) is 11.3 Å². The standard InChI is InChI=1S/C36H44N4O3S/c1-36(2,3)28-10-11-30-26(20-28)19-27-21-32(44-35(27)39-30)34(42)38-31(15-18-40-16-13-29(43-4)14-17-40)24-7-5-23(6-8-24)25-9-12-33(41)37-22-25/h5-9,12,19,21-22,28-29,31H,10-11,13-18,20H2,1-4H3,(H,37,41)(H,38,42)/t28-,31+/m0/s1. The van der Waals surface area contributed by atoms with E-state index < -0.39 is 0 Å². The number of carbonyl (C=O) groups is 1. The quantitative estimate of drug-likeness (QED) is 0.229. The highest BCUT2D eigenvalue weighted by atomic mass is 32.1. The number of aromatic nitrogens is 2. The minimum absolute atomic E-state index is 0.0497. The lowest BCUT2D eigenvalue weighted by molar-refractivity contribution is 0.0400. The molecule has 1 saturated heterocycles. The Morgan fingerprint density at radius 1 is 1.09 bits per heavy atom. The molecule has 1 amide bonds. The second kappa shape index (κ2) is 13.0. The van der Waals surface area contributed by atoms with Crippen molar-refractivity contribution in [1.82, 2.24) is 20.2 Å². The molecule has 8 heteroatoms. The fraction of sp³-hybridized carbons (Fsp3) is 0.472. The molecular formula is C36H44N4O3S. The summed E-state index contributed by atoms with van der Waals surface area (Å²) in [6.07, 6.45) is 8.19. The summed E-state index contributed by atoms with van der Waals surface area (Å²) in [5, 5.41) is 4.44. The Bertz CT molecular complexity index is 1640. The number of ether oxygens (including phenoxy) is 1. The molecule has 0 bridgehead atoms. The van der Waals surface area contributed by atoms with Gasteiger partial charge >= 0.3 is 0 Å². The van der Waals surface area contributed by atoms with Crippen LogP contribution in [-0.2, 0) is 17.6 Å². The fourth-order valence-corrected chi connectivity index (χ4v) is 7.64. The van der Waals surface area contributed by atoms with Crippen LogP contribution in [0.1, 0.15) is 79.0 Å². The van der Waals surface area contributed by atoms with Crippen molar-refractivity contribution in [2.24, 2.45) is 11.3 Å². The number of amides is 1. The van der Waals surface area contributed by atoms with Gasteiger partial charge in [0.15, 0.2) is 0 Å². The maximum absolute atomic E-state index is 13.8. The average Bonchev–Trinajstić information content (AvgIpc) is 3.45. The van der Waals surface area contributed by atoms with E-state index in [1.54, 1.807) is 13.3 Å². The maximum atomic E-state index is 13.8. The maximum Gasteiger partial charge on any atom is 0.261 e. The monoisotopic (exact) mass is 612 g/mol. The average molecular weight is 613 g/mol. The summed E-state index contributed by atoms with van der Waals surface area (Å²) in [4.78, 5) is 37.2. The van der Waals surface area contributed by atoms with Gasteiger partial charge in [-0.15, -0.1) is 11.3 Å². The first-order valence-electron chi connectivity index (χ1n) is 15.9. The second-order valence-corrected chi connectivity index (χ2v) is 14.6. The van der Waals surface area contributed by atoms with Crippen molar-refractivity contribution >= 4 is 27.5 Å². The smallest absolute Gasteiger partial charge is 0.261 e. The van der Waals surface area contributed by atoms with Crippen LogP contribution in [0.25, 0.3) is 21.3 Å². The van der Waals surface area contributed by atoms with E-state index in [4.69, 9.17) is 9.72 Å². The van der Waals surface area contributed by atoms with Gasteiger partial charge in [-0.05, 0) is 90.3 Å². The molecule has 2 N–H and O–H groups in total. The molecule has 2 atom stereocenters. The number of methoxy groups -OCH3 is 1. The van der Waals surface area contributed by atoms with Gasteiger partial charge in [-0.3, -0.25) is 9.59 Å². The van der Waals surface area contributed by atoms with Gasteiger partial charge in [0.05, 0.1) is 17.0 Å². The molecule has 4 heterocycles. The molecule has 2 aliphatic rings. The number of carbonyl (C=O) groups excluding carboxylic acids is 1. The largest absolute Gasteiger partial charge is 0.381 e. The van der Waals surface area contributed by atoms with E-state index in [1.165, 1.54) is 35.1 Å². The van der Waals surface area contributed by atoms with Crippen LogP contribution >= 0.6 is 11.3 Å². The number of piperidine rings is 1. The van der Waals surface area contributed by atoms with Crippen LogP contribution in [-0.4, -0.2) is 53.6 Å². The van der Waals surface area contributed by atoms with Crippen molar-refractivity contribution in [2.45, 2.75) is 71.4 Å². The molecule has 4 aromatic rings. The van der Waals surface area contributed by atoms with Crippen molar-refractivity contribution in [3.8, 4) is 11.1 Å². The van der Waals surface area contributed by atoms with Crippen LogP contribution in [0.15, 0.2) is 59.5 Å². The Labute approximate surface area is 264 Å². The van der Waals surface area contributed by atoms with Crippen molar-refractivity contribution < 1.29 is 9.53 Å². The minimum atomic E-state index is -0.133. The van der Waals surface area contributed by atoms with Gasteiger partial charge in [-0.2, -0.15) is 0 Å². The van der Waals surface area contributed by atoms with E-state index in [9.17, 15) is 9.59 Å². The van der Waals surface area contributed by atoms with Gasteiger partial charge in [0.1, 0.15) is 4.83 Å². The molecule has 44 heavy (non-hydrogen) atoms. The number of nitrogens with zero attached hydrogens (tertiary/aromatic N) is 2. The van der Waals surface area contributed by atoms with Gasteiger partial charge in [0.25, 0.3) is 5.91 Å². The number of H-pyrrole nitrogens is 1. The van der Waals surface area contributed by atoms with Crippen LogP contribution in [0.2, 0.25) is 0 Å². The summed E-state index contributed by atoms with van der Waals surface area (Å²) in [5.41, 5.74) is 5.74. The van der Waals surface area contributed by atoms with Crippen LogP contribution < -0.4 is 10.9 Å². The van der Waals surface area contributed by atoms with E-state index in [0.717, 1.165) is 78.6 Å². The first-order chi connectivity index (χ1) is 21.2. The number of nitrogens with one attached hydrogen (secondary N) is 2. The lowest BCUT2D eigenvalue weighted by Gasteiger charge is -2.34. The topological polar surface area (TPSA) is 87.3 Å². The van der Waals surface area contributed by atoms with Gasteiger partial charge < -0.3 is 19.9 Å². The van der Waals surface area contributed by atoms with E-state index in [0.29, 0.717) is 16.9 Å². The highest BCUT2D eigenvalue weighted by Crippen LogP contribution is 2.38. The molecule has 0 radical (unpaired) electrons. The van der Waals surface area contributed by atoms with E-state index in [-0.39, 0.29) is 22.9 Å². The Kier molecular flexibility index (Phi) is 9.03. The van der Waals surface area contributed by atoms with Crippen molar-refractivity contribution in [3.63, 3.8) is 0 Å². The number of fused-ring (bicyclic) bond motifs is 2. The molecule has 1 aromatic carbocycles. The number of likely N-dealkylation sites (tertiary alicyclic amines) is 1. The van der Waals surface area contributed by atoms with Crippen LogP contribution in [0.5, 0.6) is 0 Å². The first kappa shape index (κ1) is 30.7. The Morgan fingerprint density at radius 3 is 2.52 bits per heavy atom. The molecule has 3 aromatic heterocycles. The third-order valence-electron chi connectivity index (χ3n) is 9.66. The molecule has 1 aliphatic heterocycles. The van der Waals surface area contributed by atoms with Gasteiger partial charge in [0.2, 0.25) is 5.56 Å². The zero-order chi connectivity index (χ0) is 30.8. The Hall–Kier alpha value is -3.33. The minimum Gasteiger partial charge on any atom is -0.381 e. The SMILES string of the molecule is COC1CCN(CC[C@@H](NC(=O)c2cc3cc4c(nc3s2)CC[C@H](C(C)(C)C)C4)c2ccc(-c3ccc(=O)[nH]c3)cc2)CC1. The summed E-state index contributed by atoms with van der Waals surface area (Å²) in [5.74, 6) is 0.596. The third kappa shape index (κ3) is 6.98. The van der Waals surface area contributed by atoms with E-state index in [2.05, 4.69) is 66.3 Å². The molecule has 0 unspecified atom stereocenters. The predicted octanol–water partition coefficient (Wildman–Crippen LogP) is 6.77. The number of hydrogen-bond donors (Lipinski definition) is 2. The molecule has 232 valence electrons. The van der Waals surface area contributed by atoms with Crippen molar-refractivity contribution in [3.05, 3.63) is 86.8 Å². The molecule has 1 aliphatic carbocycles. The number of pyridine rings is 2. The lowest BCUT2D eigenvalue weighted by Crippen LogP contribution is -2.39. The van der Waals surface area contributed by atoms with Gasteiger partial charge in [-0.1, -0.05) is 45.0 Å². The summed E-state index contributed by atoms with van der Waals surface area (Å²) in [7, 11) is 1.80. The normalized spacial score (nSPS) is 18.7. The first-order valence-corrected chi connectivity index (χ1v) is 16.8. The number of aromatic amines is 1. The fourth-order valence-electron chi connectivity index (χ4n) is 6.70. The Balaban J connectivity index is 1.21. The van der Waals surface area contributed by atoms with Crippen molar-refractivity contribution in [1.29, 1.82) is 0 Å². The Morgan fingerprint density at radius 2 is 1.84 bits per heavy atom. The molecule has 7 nitrogen and oxygen atoms in total. The molecule has 0 spiro atoms. The number of rotatable bonds is 8. The molecule has 1 fully saturated rings. The highest BCUT2D eigenvalue weighted by molar-refractivity contribution is 7.20. The zero-order valence-electron chi connectivity index (χ0n) is 26.3. The number of benzene rings is 1. The predicted molar refractivity (Wildman–Crippen MR) is 178 cm³/mol. The molecule has 6 rings (SSSR count). The second-order valence-electron chi connectivity index (χ2n) is 13.6. The summed E-state index contributed by atoms with van der Waals surface area (Å²) < 4.78 is 5.56.